The Morgan fingerprint density at radius 2 is 1.79 bits per heavy atom. The molecule has 0 saturated carbocycles. The molecule has 3 aromatic rings. The number of nitrogen functional groups attached to an aromatic ring is 1. The number of nitrogens with two attached hydrogens (primary N) is 2. The Balaban J connectivity index is 1.95. The minimum absolute atomic E-state index is 0.139. The van der Waals surface area contributed by atoms with Crippen molar-refractivity contribution in [2.75, 3.05) is 12.3 Å². The number of carbonyl (C=O) groups is 3. The first-order valence-electron chi connectivity index (χ1n) is 10.3. The van der Waals surface area contributed by atoms with E-state index in [2.05, 4.69) is 15.7 Å². The molecule has 1 unspecified atom stereocenters. The molecule has 0 radical (unpaired) electrons. The summed E-state index contributed by atoms with van der Waals surface area (Å²) in [5, 5.41) is 10.7. The zero-order valence-electron chi connectivity index (χ0n) is 18.7. The van der Waals surface area contributed by atoms with E-state index in [1.165, 1.54) is 0 Å². The number of aromatic nitrogens is 2. The molecule has 0 fully saturated rings. The number of primary amides is 1. The first-order chi connectivity index (χ1) is 15.5. The van der Waals surface area contributed by atoms with Crippen molar-refractivity contribution in [1.82, 2.24) is 20.4 Å². The summed E-state index contributed by atoms with van der Waals surface area (Å²) < 4.78 is 1.70. The van der Waals surface area contributed by atoms with Crippen LogP contribution in [0.5, 0.6) is 0 Å². The quantitative estimate of drug-likeness (QED) is 0.390. The number of benzene rings is 2. The third-order valence-electron chi connectivity index (χ3n) is 5.08. The molecule has 0 bridgehead atoms. The third kappa shape index (κ3) is 5.81. The van der Waals surface area contributed by atoms with Crippen molar-refractivity contribution in [3.05, 3.63) is 58.7 Å². The fraction of sp³-hybridized carbons (Fsp3) is 0.304. The van der Waals surface area contributed by atoms with Gasteiger partial charge in [-0.1, -0.05) is 44.5 Å². The third-order valence-corrected chi connectivity index (χ3v) is 5.32. The maximum Gasteiger partial charge on any atom is 0.273 e. The lowest BCUT2D eigenvalue weighted by atomic mass is 9.86. The molecule has 6 N–H and O–H groups in total. The smallest absolute Gasteiger partial charge is 0.273 e. The van der Waals surface area contributed by atoms with E-state index in [-0.39, 0.29) is 12.2 Å². The molecule has 1 aromatic heterocycles. The second kappa shape index (κ2) is 9.50. The van der Waals surface area contributed by atoms with Gasteiger partial charge in [-0.3, -0.25) is 19.1 Å². The number of hydrogen-bond donors (Lipinski definition) is 4. The Hall–Kier alpha value is -3.59. The van der Waals surface area contributed by atoms with E-state index in [9.17, 15) is 14.4 Å². The van der Waals surface area contributed by atoms with Gasteiger partial charge >= 0.3 is 0 Å². The van der Waals surface area contributed by atoms with Crippen LogP contribution in [0.4, 0.5) is 5.69 Å². The molecular weight excluding hydrogens is 444 g/mol. The van der Waals surface area contributed by atoms with Crippen molar-refractivity contribution in [2.24, 2.45) is 11.1 Å². The highest BCUT2D eigenvalue weighted by Crippen LogP contribution is 2.25. The van der Waals surface area contributed by atoms with E-state index in [4.69, 9.17) is 23.1 Å². The first-order valence-corrected chi connectivity index (χ1v) is 10.7. The van der Waals surface area contributed by atoms with Crippen LogP contribution in [0.2, 0.25) is 5.02 Å². The lowest BCUT2D eigenvalue weighted by Crippen LogP contribution is -2.54. The van der Waals surface area contributed by atoms with Gasteiger partial charge in [-0.15, -0.1) is 0 Å². The molecule has 9 nitrogen and oxygen atoms in total. The predicted octanol–water partition coefficient (Wildman–Crippen LogP) is 2.07. The molecule has 0 spiro atoms. The van der Waals surface area contributed by atoms with E-state index < -0.39 is 29.2 Å². The molecule has 0 saturated heterocycles. The van der Waals surface area contributed by atoms with Gasteiger partial charge in [-0.05, 0) is 41.3 Å². The topological polar surface area (TPSA) is 145 Å². The summed E-state index contributed by atoms with van der Waals surface area (Å²) in [5.74, 6) is -1.73. The fourth-order valence-electron chi connectivity index (χ4n) is 3.39. The van der Waals surface area contributed by atoms with Crippen LogP contribution in [0.1, 0.15) is 36.8 Å². The molecule has 3 rings (SSSR count). The Labute approximate surface area is 196 Å². The van der Waals surface area contributed by atoms with Gasteiger partial charge in [0.2, 0.25) is 11.8 Å². The summed E-state index contributed by atoms with van der Waals surface area (Å²) in [6.45, 7) is 5.49. The van der Waals surface area contributed by atoms with Gasteiger partial charge in [0.25, 0.3) is 5.91 Å². The van der Waals surface area contributed by atoms with Crippen LogP contribution in [0, 0.1) is 5.41 Å². The molecule has 10 heteroatoms. The van der Waals surface area contributed by atoms with Gasteiger partial charge in [-0.2, -0.15) is 5.10 Å². The van der Waals surface area contributed by atoms with E-state index in [0.29, 0.717) is 28.2 Å². The number of rotatable bonds is 7. The first kappa shape index (κ1) is 24.1. The second-order valence-corrected chi connectivity index (χ2v) is 9.30. The van der Waals surface area contributed by atoms with Gasteiger partial charge in [-0.25, -0.2) is 0 Å². The normalized spacial score (nSPS) is 12.4. The monoisotopic (exact) mass is 470 g/mol. The summed E-state index contributed by atoms with van der Waals surface area (Å²) in [5.41, 5.74) is 12.7. The molecule has 33 heavy (non-hydrogen) atoms. The van der Waals surface area contributed by atoms with Gasteiger partial charge in [0.1, 0.15) is 6.04 Å². The van der Waals surface area contributed by atoms with Gasteiger partial charge in [0.15, 0.2) is 5.69 Å². The van der Waals surface area contributed by atoms with Crippen molar-refractivity contribution in [3.63, 3.8) is 0 Å². The minimum atomic E-state index is -0.930. The molecule has 0 aliphatic heterocycles. The summed E-state index contributed by atoms with van der Waals surface area (Å²) in [4.78, 5) is 37.0. The average Bonchev–Trinajstić information content (AvgIpc) is 3.08. The fourth-order valence-corrected chi connectivity index (χ4v) is 3.56. The van der Waals surface area contributed by atoms with E-state index in [1.54, 1.807) is 55.8 Å². The number of hydrogen-bond acceptors (Lipinski definition) is 5. The number of halogens is 1. The zero-order valence-corrected chi connectivity index (χ0v) is 19.4. The predicted molar refractivity (Wildman–Crippen MR) is 128 cm³/mol. The molecule has 1 atom stereocenters. The molecule has 3 amide bonds. The van der Waals surface area contributed by atoms with Crippen LogP contribution < -0.4 is 22.1 Å². The lowest BCUT2D eigenvalue weighted by molar-refractivity contribution is -0.128. The Morgan fingerprint density at radius 3 is 2.39 bits per heavy atom. The lowest BCUT2D eigenvalue weighted by Gasteiger charge is -2.30. The Kier molecular flexibility index (Phi) is 6.92. The number of carbonyl (C=O) groups excluding carboxylic acids is 3. The summed E-state index contributed by atoms with van der Waals surface area (Å²) >= 11 is 6.19. The summed E-state index contributed by atoms with van der Waals surface area (Å²) in [7, 11) is 0. The number of nitrogens with zero attached hydrogens (tertiary/aromatic N) is 2. The van der Waals surface area contributed by atoms with Gasteiger partial charge in [0.05, 0.1) is 18.6 Å². The van der Waals surface area contributed by atoms with Gasteiger partial charge < -0.3 is 22.1 Å². The molecule has 0 aliphatic rings. The number of amides is 3. The summed E-state index contributed by atoms with van der Waals surface area (Å²) in [6, 6.07) is 11.6. The highest BCUT2D eigenvalue weighted by atomic mass is 35.5. The SMILES string of the molecule is CC(C)(C)C(NC(=O)c1nn(Cc2ccc(N)cc2)c2ccc(Cl)cc12)C(=O)NCC(N)=O. The molecule has 0 aliphatic carbocycles. The van der Waals surface area contributed by atoms with Crippen molar-refractivity contribution < 1.29 is 14.4 Å². The maximum atomic E-state index is 13.3. The van der Waals surface area contributed by atoms with Crippen LogP contribution >= 0.6 is 11.6 Å². The van der Waals surface area contributed by atoms with Crippen LogP contribution in [0.15, 0.2) is 42.5 Å². The molecular formula is C23H27ClN6O3. The molecule has 1 heterocycles. The van der Waals surface area contributed by atoms with E-state index in [1.807, 2.05) is 12.1 Å². The van der Waals surface area contributed by atoms with Crippen LogP contribution in [0.3, 0.4) is 0 Å². The number of nitrogens with one attached hydrogen (secondary N) is 2. The van der Waals surface area contributed by atoms with E-state index in [0.717, 1.165) is 5.56 Å². The maximum absolute atomic E-state index is 13.3. The highest BCUT2D eigenvalue weighted by Gasteiger charge is 2.34. The van der Waals surface area contributed by atoms with Crippen molar-refractivity contribution in [3.8, 4) is 0 Å². The second-order valence-electron chi connectivity index (χ2n) is 8.87. The van der Waals surface area contributed by atoms with Crippen molar-refractivity contribution in [2.45, 2.75) is 33.4 Å². The standard InChI is InChI=1S/C23H27ClN6O3/c1-23(2,3)20(22(33)27-11-18(26)31)28-21(32)19-16-10-14(24)6-9-17(16)30(29-19)12-13-4-7-15(25)8-5-13/h4-10,20H,11-12,25H2,1-3H3,(H2,26,31)(H,27,33)(H,28,32). The molecule has 174 valence electrons. The summed E-state index contributed by atoms with van der Waals surface area (Å²) in [6.07, 6.45) is 0. The van der Waals surface area contributed by atoms with Crippen LogP contribution in [0.25, 0.3) is 10.9 Å². The van der Waals surface area contributed by atoms with Crippen molar-refractivity contribution >= 4 is 45.9 Å². The highest BCUT2D eigenvalue weighted by molar-refractivity contribution is 6.31. The van der Waals surface area contributed by atoms with E-state index >= 15 is 0 Å². The molecule has 2 aromatic carbocycles. The van der Waals surface area contributed by atoms with Crippen molar-refractivity contribution in [1.29, 1.82) is 0 Å². The Morgan fingerprint density at radius 1 is 1.12 bits per heavy atom. The van der Waals surface area contributed by atoms with Crippen LogP contribution in [-0.4, -0.2) is 40.1 Å². The number of anilines is 1. The number of fused-ring (bicyclic) bond motifs is 1. The van der Waals surface area contributed by atoms with Crippen LogP contribution in [-0.2, 0) is 16.1 Å². The van der Waals surface area contributed by atoms with Gasteiger partial charge in [0, 0.05) is 16.1 Å². The minimum Gasteiger partial charge on any atom is -0.399 e. The largest absolute Gasteiger partial charge is 0.399 e. The Bertz CT molecular complexity index is 1200. The average molecular weight is 471 g/mol. The zero-order chi connectivity index (χ0) is 24.3.